The van der Waals surface area contributed by atoms with Crippen molar-refractivity contribution in [1.29, 1.82) is 5.26 Å². The van der Waals surface area contributed by atoms with Gasteiger partial charge in [-0.15, -0.1) is 0 Å². The lowest BCUT2D eigenvalue weighted by atomic mass is 10.2. The molecular weight excluding hydrogens is 246 g/mol. The zero-order valence-electron chi connectivity index (χ0n) is 9.92. The molecule has 0 radical (unpaired) electrons. The standard InChI is InChI=1S/C13H11N3O3/c14-7-9-3-1-2-4-11(9)19-8-10-5-6-18-12(10)13(17)16-15/h1-6H,8,15H2,(H,16,17). The average molecular weight is 257 g/mol. The molecule has 0 spiro atoms. The molecule has 0 saturated carbocycles. The van der Waals surface area contributed by atoms with E-state index in [4.69, 9.17) is 20.3 Å². The first-order valence-corrected chi connectivity index (χ1v) is 5.45. The Kier molecular flexibility index (Phi) is 3.81. The van der Waals surface area contributed by atoms with Gasteiger partial charge in [0.15, 0.2) is 5.76 Å². The van der Waals surface area contributed by atoms with E-state index in [1.54, 1.807) is 30.3 Å². The molecule has 96 valence electrons. The fourth-order valence-electron chi connectivity index (χ4n) is 1.55. The summed E-state index contributed by atoms with van der Waals surface area (Å²) in [6.07, 6.45) is 1.37. The number of amides is 1. The van der Waals surface area contributed by atoms with Crippen molar-refractivity contribution in [1.82, 2.24) is 5.43 Å². The first-order valence-electron chi connectivity index (χ1n) is 5.45. The zero-order valence-corrected chi connectivity index (χ0v) is 9.92. The van der Waals surface area contributed by atoms with Crippen LogP contribution in [0.4, 0.5) is 0 Å². The highest BCUT2D eigenvalue weighted by Crippen LogP contribution is 2.19. The van der Waals surface area contributed by atoms with Gasteiger partial charge in [0.05, 0.1) is 11.8 Å². The van der Waals surface area contributed by atoms with Gasteiger partial charge in [0, 0.05) is 5.56 Å². The van der Waals surface area contributed by atoms with Crippen LogP contribution < -0.4 is 16.0 Å². The van der Waals surface area contributed by atoms with Gasteiger partial charge < -0.3 is 9.15 Å². The number of ether oxygens (including phenoxy) is 1. The van der Waals surface area contributed by atoms with Gasteiger partial charge in [0.25, 0.3) is 0 Å². The maximum Gasteiger partial charge on any atom is 0.301 e. The van der Waals surface area contributed by atoms with Crippen molar-refractivity contribution < 1.29 is 13.9 Å². The molecule has 2 rings (SSSR count). The molecule has 0 bridgehead atoms. The van der Waals surface area contributed by atoms with Crippen LogP contribution in [0.3, 0.4) is 0 Å². The second-order valence-electron chi connectivity index (χ2n) is 3.65. The van der Waals surface area contributed by atoms with Crippen molar-refractivity contribution in [2.24, 2.45) is 5.84 Å². The van der Waals surface area contributed by atoms with Crippen LogP contribution >= 0.6 is 0 Å². The van der Waals surface area contributed by atoms with E-state index in [0.29, 0.717) is 16.9 Å². The number of carbonyl (C=O) groups is 1. The Morgan fingerprint density at radius 1 is 1.42 bits per heavy atom. The number of nitriles is 1. The van der Waals surface area contributed by atoms with Crippen LogP contribution in [0.15, 0.2) is 41.0 Å². The third-order valence-corrected chi connectivity index (χ3v) is 2.47. The Hall–Kier alpha value is -2.78. The number of benzene rings is 1. The minimum absolute atomic E-state index is 0.0944. The fourth-order valence-corrected chi connectivity index (χ4v) is 1.55. The van der Waals surface area contributed by atoms with Gasteiger partial charge in [-0.05, 0) is 18.2 Å². The van der Waals surface area contributed by atoms with E-state index < -0.39 is 5.91 Å². The monoisotopic (exact) mass is 257 g/mol. The smallest absolute Gasteiger partial charge is 0.301 e. The number of nitrogens with zero attached hydrogens (tertiary/aromatic N) is 1. The fraction of sp³-hybridized carbons (Fsp3) is 0.0769. The van der Waals surface area contributed by atoms with Crippen LogP contribution in [0, 0.1) is 11.3 Å². The van der Waals surface area contributed by atoms with Gasteiger partial charge in [-0.1, -0.05) is 12.1 Å². The molecule has 0 fully saturated rings. The molecule has 1 amide bonds. The molecule has 1 aromatic carbocycles. The Bertz CT molecular complexity index is 628. The molecule has 0 atom stereocenters. The van der Waals surface area contributed by atoms with Gasteiger partial charge in [-0.25, -0.2) is 5.84 Å². The maximum absolute atomic E-state index is 11.4. The maximum atomic E-state index is 11.4. The molecule has 1 heterocycles. The number of hydrogen-bond donors (Lipinski definition) is 2. The molecule has 0 aliphatic rings. The molecule has 0 unspecified atom stereocenters. The Labute approximate surface area is 109 Å². The van der Waals surface area contributed by atoms with Crippen molar-refractivity contribution in [2.75, 3.05) is 0 Å². The molecule has 3 N–H and O–H groups in total. The van der Waals surface area contributed by atoms with Crippen LogP contribution in [0.25, 0.3) is 0 Å². The van der Waals surface area contributed by atoms with Gasteiger partial charge in [0.2, 0.25) is 0 Å². The lowest BCUT2D eigenvalue weighted by Crippen LogP contribution is -2.30. The Balaban J connectivity index is 2.13. The second kappa shape index (κ2) is 5.71. The van der Waals surface area contributed by atoms with Gasteiger partial charge in [0.1, 0.15) is 18.4 Å². The molecule has 19 heavy (non-hydrogen) atoms. The van der Waals surface area contributed by atoms with Gasteiger partial charge >= 0.3 is 5.91 Å². The minimum atomic E-state index is -0.530. The number of rotatable bonds is 4. The zero-order chi connectivity index (χ0) is 13.7. The molecule has 6 nitrogen and oxygen atoms in total. The number of nitrogens with one attached hydrogen (secondary N) is 1. The van der Waals surface area contributed by atoms with Crippen LogP contribution in [0.1, 0.15) is 21.7 Å². The average Bonchev–Trinajstić information content (AvgIpc) is 2.93. The third kappa shape index (κ3) is 2.73. The summed E-state index contributed by atoms with van der Waals surface area (Å²) in [6.45, 7) is 0.109. The predicted octanol–water partition coefficient (Wildman–Crippen LogP) is 1.33. The van der Waals surface area contributed by atoms with Crippen molar-refractivity contribution in [3.63, 3.8) is 0 Å². The van der Waals surface area contributed by atoms with Gasteiger partial charge in [-0.2, -0.15) is 5.26 Å². The van der Waals surface area contributed by atoms with E-state index in [-0.39, 0.29) is 12.4 Å². The summed E-state index contributed by atoms with van der Waals surface area (Å²) in [5.41, 5.74) is 2.97. The SMILES string of the molecule is N#Cc1ccccc1OCc1ccoc1C(=O)NN. The van der Waals surface area contributed by atoms with Crippen molar-refractivity contribution in [3.8, 4) is 11.8 Å². The normalized spacial score (nSPS) is 9.68. The van der Waals surface area contributed by atoms with E-state index in [0.717, 1.165) is 0 Å². The largest absolute Gasteiger partial charge is 0.487 e. The van der Waals surface area contributed by atoms with Crippen molar-refractivity contribution in [2.45, 2.75) is 6.61 Å². The summed E-state index contributed by atoms with van der Waals surface area (Å²) in [5.74, 6) is 5.05. The highest BCUT2D eigenvalue weighted by atomic mass is 16.5. The highest BCUT2D eigenvalue weighted by Gasteiger charge is 2.15. The quantitative estimate of drug-likeness (QED) is 0.489. The lowest BCUT2D eigenvalue weighted by molar-refractivity contribution is 0.0922. The van der Waals surface area contributed by atoms with Crippen LogP contribution in [-0.4, -0.2) is 5.91 Å². The van der Waals surface area contributed by atoms with Crippen LogP contribution in [0.5, 0.6) is 5.75 Å². The number of hydrogen-bond acceptors (Lipinski definition) is 5. The summed E-state index contributed by atoms with van der Waals surface area (Å²) in [6, 6.07) is 10.5. The minimum Gasteiger partial charge on any atom is -0.487 e. The summed E-state index contributed by atoms with van der Waals surface area (Å²) in [7, 11) is 0. The number of nitrogen functional groups attached to an aromatic ring is 1. The number of carbonyl (C=O) groups excluding carboxylic acids is 1. The molecular formula is C13H11N3O3. The highest BCUT2D eigenvalue weighted by molar-refractivity contribution is 5.92. The van der Waals surface area contributed by atoms with Gasteiger partial charge in [-0.3, -0.25) is 10.2 Å². The summed E-state index contributed by atoms with van der Waals surface area (Å²) >= 11 is 0. The number of hydrazine groups is 1. The molecule has 2 aromatic rings. The van der Waals surface area contributed by atoms with E-state index in [9.17, 15) is 4.79 Å². The van der Waals surface area contributed by atoms with Crippen molar-refractivity contribution in [3.05, 3.63) is 53.5 Å². The molecule has 0 saturated heterocycles. The lowest BCUT2D eigenvalue weighted by Gasteiger charge is -2.07. The number of para-hydroxylation sites is 1. The molecule has 6 heteroatoms. The molecule has 0 aliphatic carbocycles. The first kappa shape index (κ1) is 12.7. The molecule has 0 aliphatic heterocycles. The van der Waals surface area contributed by atoms with Crippen LogP contribution in [-0.2, 0) is 6.61 Å². The summed E-state index contributed by atoms with van der Waals surface area (Å²) in [5, 5.41) is 8.93. The number of nitrogens with two attached hydrogens (primary N) is 1. The second-order valence-corrected chi connectivity index (χ2v) is 3.65. The van der Waals surface area contributed by atoms with E-state index in [1.807, 2.05) is 11.5 Å². The van der Waals surface area contributed by atoms with E-state index >= 15 is 0 Å². The topological polar surface area (TPSA) is 101 Å². The van der Waals surface area contributed by atoms with Crippen LogP contribution in [0.2, 0.25) is 0 Å². The summed E-state index contributed by atoms with van der Waals surface area (Å²) < 4.78 is 10.5. The third-order valence-electron chi connectivity index (χ3n) is 2.47. The van der Waals surface area contributed by atoms with Crippen molar-refractivity contribution >= 4 is 5.91 Å². The number of furan rings is 1. The van der Waals surface area contributed by atoms with E-state index in [2.05, 4.69) is 0 Å². The Morgan fingerprint density at radius 2 is 2.21 bits per heavy atom. The Morgan fingerprint density at radius 3 is 2.95 bits per heavy atom. The first-order chi connectivity index (χ1) is 9.26. The summed E-state index contributed by atoms with van der Waals surface area (Å²) in [4.78, 5) is 11.4. The molecule has 1 aromatic heterocycles. The predicted molar refractivity (Wildman–Crippen MR) is 65.9 cm³/mol. The van der Waals surface area contributed by atoms with E-state index in [1.165, 1.54) is 6.26 Å².